The van der Waals surface area contributed by atoms with Gasteiger partial charge in [-0.15, -0.1) is 0 Å². The molecular weight excluding hydrogens is 534 g/mol. The summed E-state index contributed by atoms with van der Waals surface area (Å²) in [4.78, 5) is 15.3. The molecule has 11 nitrogen and oxygen atoms in total. The van der Waals surface area contributed by atoms with E-state index in [-0.39, 0.29) is 36.1 Å². The van der Waals surface area contributed by atoms with Gasteiger partial charge in [0.1, 0.15) is 11.5 Å². The average molecular weight is 569 g/mol. The van der Waals surface area contributed by atoms with Gasteiger partial charge in [-0.1, -0.05) is 0 Å². The Bertz CT molecular complexity index is 1330. The summed E-state index contributed by atoms with van der Waals surface area (Å²) < 4.78 is 72.1. The van der Waals surface area contributed by atoms with Crippen LogP contribution in [0.3, 0.4) is 0 Å². The van der Waals surface area contributed by atoms with Crippen molar-refractivity contribution in [3.8, 4) is 11.4 Å². The Morgan fingerprint density at radius 1 is 1.03 bits per heavy atom. The van der Waals surface area contributed by atoms with Crippen molar-refractivity contribution in [1.82, 2.24) is 24.7 Å². The second-order valence-corrected chi connectivity index (χ2v) is 11.1. The van der Waals surface area contributed by atoms with Gasteiger partial charge in [0.05, 0.1) is 51.2 Å². The van der Waals surface area contributed by atoms with Gasteiger partial charge >= 0.3 is 0 Å². The van der Waals surface area contributed by atoms with E-state index in [2.05, 4.69) is 30.0 Å². The van der Waals surface area contributed by atoms with Crippen LogP contribution in [0, 0.1) is 11.6 Å². The van der Waals surface area contributed by atoms with Crippen LogP contribution >= 0.6 is 0 Å². The number of pyridine rings is 1. The minimum Gasteiger partial charge on any atom is -0.379 e. The van der Waals surface area contributed by atoms with Crippen molar-refractivity contribution in [1.29, 1.82) is 0 Å². The molecule has 1 aliphatic carbocycles. The van der Waals surface area contributed by atoms with Gasteiger partial charge in [0.25, 0.3) is 0 Å². The van der Waals surface area contributed by atoms with Crippen molar-refractivity contribution in [2.45, 2.75) is 44.7 Å². The topological polar surface area (TPSA) is 140 Å². The van der Waals surface area contributed by atoms with E-state index in [9.17, 15) is 17.2 Å². The van der Waals surface area contributed by atoms with Crippen molar-refractivity contribution < 1.29 is 31.4 Å². The molecule has 1 saturated carbocycles. The fourth-order valence-corrected chi connectivity index (χ4v) is 5.62. The van der Waals surface area contributed by atoms with E-state index in [0.717, 1.165) is 25.2 Å². The standard InChI is InChI=1S/C25H34F2N6O5S/c1-2-36-6-7-37-8-9-38-10-11-39(34,35)33-19-5-3-4-18(13-19)31-25-22(27)16-30-24(32-25)21-15-29-23-20(21)12-17(26)14-28-23/h12,14-16,18-19,33H,2-11,13H2,1H3,(H,28,29)(H,30,31,32)/t18-,19+/m0/s1. The maximum absolute atomic E-state index is 14.6. The molecule has 214 valence electrons. The van der Waals surface area contributed by atoms with E-state index < -0.39 is 21.7 Å². The third kappa shape index (κ3) is 8.60. The minimum absolute atomic E-state index is 0.00379. The number of aromatic amines is 1. The van der Waals surface area contributed by atoms with Crippen molar-refractivity contribution in [3.05, 3.63) is 36.3 Å². The largest absolute Gasteiger partial charge is 0.379 e. The van der Waals surface area contributed by atoms with E-state index in [1.807, 2.05) is 6.92 Å². The Kier molecular flexibility index (Phi) is 10.5. The van der Waals surface area contributed by atoms with Crippen LogP contribution in [0.1, 0.15) is 32.6 Å². The second kappa shape index (κ2) is 14.0. The second-order valence-electron chi connectivity index (χ2n) is 9.21. The van der Waals surface area contributed by atoms with Crippen LogP contribution in [0.15, 0.2) is 24.7 Å². The first-order valence-corrected chi connectivity index (χ1v) is 14.6. The molecule has 2 atom stereocenters. The zero-order valence-electron chi connectivity index (χ0n) is 21.8. The van der Waals surface area contributed by atoms with Gasteiger partial charge in [0, 0.05) is 35.8 Å². The van der Waals surface area contributed by atoms with E-state index in [0.29, 0.717) is 62.5 Å². The molecule has 3 heterocycles. The summed E-state index contributed by atoms with van der Waals surface area (Å²) in [6, 6.07) is 0.820. The fraction of sp³-hybridized carbons (Fsp3) is 0.560. The molecule has 4 rings (SSSR count). The van der Waals surface area contributed by atoms with Gasteiger partial charge < -0.3 is 24.5 Å². The summed E-state index contributed by atoms with van der Waals surface area (Å²) in [7, 11) is -3.55. The molecule has 3 aromatic heterocycles. The van der Waals surface area contributed by atoms with Crippen LogP contribution in [0.5, 0.6) is 0 Å². The van der Waals surface area contributed by atoms with Crippen LogP contribution in [-0.4, -0.2) is 85.8 Å². The Balaban J connectivity index is 1.28. The zero-order chi connectivity index (χ0) is 27.7. The molecule has 1 aliphatic rings. The van der Waals surface area contributed by atoms with E-state index in [4.69, 9.17) is 14.2 Å². The number of rotatable bonds is 15. The summed E-state index contributed by atoms with van der Waals surface area (Å²) in [5.74, 6) is -1.09. The Morgan fingerprint density at radius 2 is 1.77 bits per heavy atom. The Morgan fingerprint density at radius 3 is 2.56 bits per heavy atom. The number of ether oxygens (including phenoxy) is 3. The molecule has 0 saturated heterocycles. The third-order valence-corrected chi connectivity index (χ3v) is 7.69. The fourth-order valence-electron chi connectivity index (χ4n) is 4.45. The summed E-state index contributed by atoms with van der Waals surface area (Å²) in [5.41, 5.74) is 0.959. The molecule has 14 heteroatoms. The number of hydrogen-bond donors (Lipinski definition) is 3. The zero-order valence-corrected chi connectivity index (χ0v) is 22.6. The van der Waals surface area contributed by atoms with Gasteiger partial charge in [-0.25, -0.2) is 36.9 Å². The molecule has 0 radical (unpaired) electrons. The first kappa shape index (κ1) is 29.2. The highest BCUT2D eigenvalue weighted by atomic mass is 32.2. The number of anilines is 1. The molecule has 0 unspecified atom stereocenters. The van der Waals surface area contributed by atoms with Gasteiger partial charge in [-0.3, -0.25) is 0 Å². The van der Waals surface area contributed by atoms with Crippen LogP contribution in [0.4, 0.5) is 14.6 Å². The van der Waals surface area contributed by atoms with Gasteiger partial charge in [-0.2, -0.15) is 0 Å². The number of hydrogen-bond acceptors (Lipinski definition) is 9. The van der Waals surface area contributed by atoms with Gasteiger partial charge in [0.2, 0.25) is 10.0 Å². The number of halogens is 2. The molecule has 3 aromatic rings. The molecule has 3 N–H and O–H groups in total. The Labute approximate surface area is 226 Å². The molecule has 0 bridgehead atoms. The minimum atomic E-state index is -3.55. The predicted octanol–water partition coefficient (Wildman–Crippen LogP) is 3.01. The number of sulfonamides is 1. The van der Waals surface area contributed by atoms with Crippen LogP contribution in [0.2, 0.25) is 0 Å². The molecule has 0 aliphatic heterocycles. The first-order chi connectivity index (χ1) is 18.8. The van der Waals surface area contributed by atoms with Gasteiger partial charge in [0.15, 0.2) is 17.5 Å². The van der Waals surface area contributed by atoms with Gasteiger partial charge in [-0.05, 0) is 38.7 Å². The number of aromatic nitrogens is 4. The highest BCUT2D eigenvalue weighted by Gasteiger charge is 2.27. The van der Waals surface area contributed by atoms with Crippen molar-refractivity contribution in [2.75, 3.05) is 50.7 Å². The number of nitrogens with zero attached hydrogens (tertiary/aromatic N) is 3. The smallest absolute Gasteiger partial charge is 0.214 e. The molecule has 0 amide bonds. The molecule has 1 fully saturated rings. The third-order valence-electron chi connectivity index (χ3n) is 6.29. The summed E-state index contributed by atoms with van der Waals surface area (Å²) >= 11 is 0. The molecule has 39 heavy (non-hydrogen) atoms. The molecular formula is C25H34F2N6O5S. The lowest BCUT2D eigenvalue weighted by atomic mass is 9.91. The monoisotopic (exact) mass is 568 g/mol. The van der Waals surface area contributed by atoms with Crippen molar-refractivity contribution in [3.63, 3.8) is 0 Å². The molecule has 0 spiro atoms. The normalized spacial score (nSPS) is 18.0. The summed E-state index contributed by atoms with van der Waals surface area (Å²) in [6.45, 7) is 4.24. The highest BCUT2D eigenvalue weighted by Crippen LogP contribution is 2.28. The van der Waals surface area contributed by atoms with E-state index in [1.165, 1.54) is 6.07 Å². The van der Waals surface area contributed by atoms with Crippen molar-refractivity contribution >= 4 is 26.9 Å². The quantitative estimate of drug-likeness (QED) is 0.236. The lowest BCUT2D eigenvalue weighted by Crippen LogP contribution is -2.43. The summed E-state index contributed by atoms with van der Waals surface area (Å²) in [5, 5.41) is 3.59. The Hall–Kier alpha value is -2.78. The lowest BCUT2D eigenvalue weighted by molar-refractivity contribution is 0.0198. The highest BCUT2D eigenvalue weighted by molar-refractivity contribution is 7.89. The van der Waals surface area contributed by atoms with Crippen LogP contribution in [-0.2, 0) is 24.2 Å². The van der Waals surface area contributed by atoms with Crippen LogP contribution in [0.25, 0.3) is 22.4 Å². The first-order valence-electron chi connectivity index (χ1n) is 13.0. The number of fused-ring (bicyclic) bond motifs is 1. The maximum Gasteiger partial charge on any atom is 0.214 e. The van der Waals surface area contributed by atoms with E-state index in [1.54, 1.807) is 6.20 Å². The number of H-pyrrole nitrogens is 1. The SMILES string of the molecule is CCOCCOCCOCCS(=O)(=O)N[C@@H]1CCC[C@H](Nc2nc(-c3c[nH]c4ncc(F)cc34)ncc2F)C1. The average Bonchev–Trinajstić information content (AvgIpc) is 3.32. The predicted molar refractivity (Wildman–Crippen MR) is 142 cm³/mol. The summed E-state index contributed by atoms with van der Waals surface area (Å²) in [6.07, 6.45) is 6.39. The van der Waals surface area contributed by atoms with E-state index >= 15 is 0 Å². The van der Waals surface area contributed by atoms with Crippen LogP contribution < -0.4 is 10.0 Å². The van der Waals surface area contributed by atoms with Crippen molar-refractivity contribution in [2.24, 2.45) is 0 Å². The lowest BCUT2D eigenvalue weighted by Gasteiger charge is -2.30. The molecule has 0 aromatic carbocycles. The number of nitrogens with one attached hydrogen (secondary N) is 3. The maximum atomic E-state index is 14.6.